The molecule has 142 valence electrons. The first kappa shape index (κ1) is 19.9. The molecule has 1 aromatic carbocycles. The lowest BCUT2D eigenvalue weighted by molar-refractivity contribution is 0.580. The molecule has 9 heteroatoms. The highest BCUT2D eigenvalue weighted by Crippen LogP contribution is 1.99. The normalized spacial score (nSPS) is 12.2. The van der Waals surface area contributed by atoms with Crippen LogP contribution in [0.2, 0.25) is 0 Å². The van der Waals surface area contributed by atoms with Crippen molar-refractivity contribution in [2.45, 2.75) is 20.0 Å². The topological polar surface area (TPSA) is 100 Å². The molecular weight excluding hydrogens is 352 g/mol. The molecule has 0 radical (unpaired) electrons. The van der Waals surface area contributed by atoms with Crippen molar-refractivity contribution in [1.82, 2.24) is 25.1 Å². The van der Waals surface area contributed by atoms with Gasteiger partial charge in [-0.1, -0.05) is 30.3 Å². The highest BCUT2D eigenvalue weighted by molar-refractivity contribution is 7.89. The van der Waals surface area contributed by atoms with Crippen molar-refractivity contribution < 1.29 is 8.42 Å². The van der Waals surface area contributed by atoms with Crippen molar-refractivity contribution in [2.24, 2.45) is 12.0 Å². The number of hydrogen-bond donors (Lipinski definition) is 3. The Hall–Kier alpha value is -2.39. The molecule has 0 atom stereocenters. The van der Waals surface area contributed by atoms with Crippen molar-refractivity contribution in [3.8, 4) is 0 Å². The summed E-state index contributed by atoms with van der Waals surface area (Å²) in [5, 5.41) is 10.2. The van der Waals surface area contributed by atoms with Gasteiger partial charge in [0.2, 0.25) is 10.0 Å². The van der Waals surface area contributed by atoms with Gasteiger partial charge in [-0.25, -0.2) is 18.1 Å². The Kier molecular flexibility index (Phi) is 7.61. The Labute approximate surface area is 154 Å². The number of hydrogen-bond acceptors (Lipinski definition) is 4. The summed E-state index contributed by atoms with van der Waals surface area (Å²) in [6.07, 6.45) is 1.72. The predicted octanol–water partition coefficient (Wildman–Crippen LogP) is 0.595. The van der Waals surface area contributed by atoms with Crippen molar-refractivity contribution in [3.05, 3.63) is 53.9 Å². The van der Waals surface area contributed by atoms with E-state index in [-0.39, 0.29) is 18.8 Å². The van der Waals surface area contributed by atoms with Gasteiger partial charge in [-0.05, 0) is 18.6 Å². The largest absolute Gasteiger partial charge is 0.357 e. The zero-order valence-corrected chi connectivity index (χ0v) is 16.0. The molecule has 1 aromatic heterocycles. The molecule has 0 aliphatic carbocycles. The van der Waals surface area contributed by atoms with E-state index in [9.17, 15) is 8.42 Å². The van der Waals surface area contributed by atoms with Gasteiger partial charge in [0.05, 0.1) is 18.0 Å². The highest BCUT2D eigenvalue weighted by Gasteiger charge is 2.10. The molecule has 0 aliphatic rings. The molecule has 1 heterocycles. The predicted molar refractivity (Wildman–Crippen MR) is 103 cm³/mol. The van der Waals surface area contributed by atoms with E-state index < -0.39 is 10.0 Å². The number of aliphatic imine (C=N–C) groups is 1. The lowest BCUT2D eigenvalue weighted by Gasteiger charge is -2.12. The molecule has 3 N–H and O–H groups in total. The van der Waals surface area contributed by atoms with Gasteiger partial charge in [0.15, 0.2) is 5.96 Å². The Balaban J connectivity index is 1.81. The summed E-state index contributed by atoms with van der Waals surface area (Å²) in [5.41, 5.74) is 1.90. The molecule has 0 saturated heterocycles. The van der Waals surface area contributed by atoms with Crippen LogP contribution in [0.25, 0.3) is 0 Å². The van der Waals surface area contributed by atoms with E-state index >= 15 is 0 Å². The van der Waals surface area contributed by atoms with E-state index in [1.54, 1.807) is 10.9 Å². The fraction of sp³-hybridized carbons (Fsp3) is 0.412. The van der Waals surface area contributed by atoms with Crippen LogP contribution < -0.4 is 15.4 Å². The average molecular weight is 379 g/mol. The molecule has 0 saturated carbocycles. The van der Waals surface area contributed by atoms with Gasteiger partial charge < -0.3 is 10.6 Å². The first-order valence-corrected chi connectivity index (χ1v) is 10.2. The third kappa shape index (κ3) is 6.85. The summed E-state index contributed by atoms with van der Waals surface area (Å²) in [6.45, 7) is 3.67. The minimum absolute atomic E-state index is 0.0318. The van der Waals surface area contributed by atoms with Crippen molar-refractivity contribution >= 4 is 16.0 Å². The zero-order valence-electron chi connectivity index (χ0n) is 15.1. The first-order valence-electron chi connectivity index (χ1n) is 8.50. The fourth-order valence-corrected chi connectivity index (χ4v) is 3.13. The molecule has 0 aliphatic heterocycles. The summed E-state index contributed by atoms with van der Waals surface area (Å²) < 4.78 is 28.6. The van der Waals surface area contributed by atoms with Gasteiger partial charge in [0.1, 0.15) is 0 Å². The number of aryl methyl sites for hydroxylation is 1. The SMILES string of the molecule is CCNC(=NCc1ccnn1C)NCCS(=O)(=O)NCc1ccccc1. The molecule has 8 nitrogen and oxygen atoms in total. The van der Waals surface area contributed by atoms with Gasteiger partial charge >= 0.3 is 0 Å². The molecule has 26 heavy (non-hydrogen) atoms. The van der Waals surface area contributed by atoms with Crippen LogP contribution in [0.3, 0.4) is 0 Å². The Morgan fingerprint density at radius 3 is 2.62 bits per heavy atom. The quantitative estimate of drug-likeness (QED) is 0.438. The number of nitrogens with one attached hydrogen (secondary N) is 3. The second kappa shape index (κ2) is 9.93. The lowest BCUT2D eigenvalue weighted by atomic mass is 10.2. The maximum absolute atomic E-state index is 12.1. The van der Waals surface area contributed by atoms with Crippen molar-refractivity contribution in [3.63, 3.8) is 0 Å². The van der Waals surface area contributed by atoms with E-state index in [0.29, 0.717) is 19.0 Å². The number of sulfonamides is 1. The molecular formula is C17H26N6O2S. The molecule has 0 amide bonds. The van der Waals surface area contributed by atoms with Crippen LogP contribution in [-0.2, 0) is 30.2 Å². The summed E-state index contributed by atoms with van der Waals surface area (Å²) in [7, 11) is -1.51. The zero-order chi connectivity index (χ0) is 18.8. The summed E-state index contributed by atoms with van der Waals surface area (Å²) in [5.74, 6) is 0.544. The van der Waals surface area contributed by atoms with Crippen LogP contribution in [-0.4, -0.2) is 43.0 Å². The molecule has 0 bridgehead atoms. The third-order valence-electron chi connectivity index (χ3n) is 3.67. The van der Waals surface area contributed by atoms with Gasteiger partial charge in [-0.15, -0.1) is 0 Å². The van der Waals surface area contributed by atoms with E-state index in [1.165, 1.54) is 0 Å². The summed E-state index contributed by atoms with van der Waals surface area (Å²) in [6, 6.07) is 11.3. The number of nitrogens with zero attached hydrogens (tertiary/aromatic N) is 3. The first-order chi connectivity index (χ1) is 12.5. The van der Waals surface area contributed by atoms with Crippen molar-refractivity contribution in [2.75, 3.05) is 18.8 Å². The summed E-state index contributed by atoms with van der Waals surface area (Å²) in [4.78, 5) is 4.45. The van der Waals surface area contributed by atoms with Gasteiger partial charge in [-0.3, -0.25) is 4.68 Å². The number of guanidine groups is 1. The second-order valence-corrected chi connectivity index (χ2v) is 7.62. The number of benzene rings is 1. The fourth-order valence-electron chi connectivity index (χ4n) is 2.22. The van der Waals surface area contributed by atoms with Gasteiger partial charge in [0.25, 0.3) is 0 Å². The van der Waals surface area contributed by atoms with Crippen LogP contribution in [0.5, 0.6) is 0 Å². The monoisotopic (exact) mass is 378 g/mol. The minimum Gasteiger partial charge on any atom is -0.357 e. The molecule has 0 spiro atoms. The Bertz CT molecular complexity index is 802. The van der Waals surface area contributed by atoms with Crippen LogP contribution in [0.4, 0.5) is 0 Å². The van der Waals surface area contributed by atoms with Crippen LogP contribution >= 0.6 is 0 Å². The van der Waals surface area contributed by atoms with Gasteiger partial charge in [0, 0.05) is 32.9 Å². The van der Waals surface area contributed by atoms with E-state index in [2.05, 4.69) is 25.4 Å². The average Bonchev–Trinajstić information content (AvgIpc) is 3.04. The van der Waals surface area contributed by atoms with Gasteiger partial charge in [-0.2, -0.15) is 5.10 Å². The maximum Gasteiger partial charge on any atom is 0.213 e. The van der Waals surface area contributed by atoms with Crippen LogP contribution in [0.1, 0.15) is 18.2 Å². The molecule has 2 rings (SSSR count). The van der Waals surface area contributed by atoms with E-state index in [0.717, 1.165) is 11.3 Å². The van der Waals surface area contributed by atoms with E-state index in [4.69, 9.17) is 0 Å². The standard InChI is InChI=1S/C17H26N6O2S/c1-3-18-17(20-14-16-9-10-21-23(16)2)19-11-12-26(24,25)22-13-15-7-5-4-6-8-15/h4-10,22H,3,11-14H2,1-2H3,(H2,18,19,20). The second-order valence-electron chi connectivity index (χ2n) is 5.69. The molecule has 0 unspecified atom stereocenters. The minimum atomic E-state index is -3.36. The number of aromatic nitrogens is 2. The number of rotatable bonds is 9. The lowest BCUT2D eigenvalue weighted by Crippen LogP contribution is -2.41. The third-order valence-corrected chi connectivity index (χ3v) is 4.99. The Morgan fingerprint density at radius 1 is 1.19 bits per heavy atom. The molecule has 0 fully saturated rings. The Morgan fingerprint density at radius 2 is 1.96 bits per heavy atom. The molecule has 2 aromatic rings. The van der Waals surface area contributed by atoms with Crippen LogP contribution in [0, 0.1) is 0 Å². The highest BCUT2D eigenvalue weighted by atomic mass is 32.2. The smallest absolute Gasteiger partial charge is 0.213 e. The van der Waals surface area contributed by atoms with E-state index in [1.807, 2.05) is 50.4 Å². The van der Waals surface area contributed by atoms with Crippen molar-refractivity contribution in [1.29, 1.82) is 0 Å². The maximum atomic E-state index is 12.1. The summed E-state index contributed by atoms with van der Waals surface area (Å²) >= 11 is 0. The van der Waals surface area contributed by atoms with Crippen LogP contribution in [0.15, 0.2) is 47.6 Å².